The third-order valence-electron chi connectivity index (χ3n) is 3.78. The molecule has 3 atom stereocenters. The zero-order chi connectivity index (χ0) is 8.98. The van der Waals surface area contributed by atoms with E-state index in [1.165, 1.54) is 0 Å². The summed E-state index contributed by atoms with van der Waals surface area (Å²) in [7, 11) is 0. The van der Waals surface area contributed by atoms with E-state index < -0.39 is 0 Å². The minimum absolute atomic E-state index is 0.00579. The molecule has 0 aromatic carbocycles. The average molecular weight is 170 g/mol. The second kappa shape index (κ2) is 2.24. The largest absolute Gasteiger partial charge is 0.390 e. The van der Waals surface area contributed by atoms with Gasteiger partial charge in [-0.05, 0) is 25.7 Å². The normalized spacial score (nSPS) is 52.2. The van der Waals surface area contributed by atoms with E-state index in [1.807, 2.05) is 6.92 Å². The molecular formula is C10H18O2. The molecule has 2 heterocycles. The molecule has 2 nitrogen and oxygen atoms in total. The molecule has 12 heavy (non-hydrogen) atoms. The number of ether oxygens (including phenoxy) is 1. The fraction of sp³-hybridized carbons (Fsp3) is 1.00. The summed E-state index contributed by atoms with van der Waals surface area (Å²) in [6.45, 7) is 6.41. The predicted octanol–water partition coefficient (Wildman–Crippen LogP) is 1.71. The monoisotopic (exact) mass is 170 g/mol. The Bertz CT molecular complexity index is 202. The molecule has 1 N–H and O–H groups in total. The van der Waals surface area contributed by atoms with Crippen LogP contribution in [0.2, 0.25) is 0 Å². The number of hydrogen-bond donors (Lipinski definition) is 1. The molecule has 2 rings (SSSR count). The second-order valence-corrected chi connectivity index (χ2v) is 4.85. The van der Waals surface area contributed by atoms with E-state index in [2.05, 4.69) is 13.8 Å². The van der Waals surface area contributed by atoms with Gasteiger partial charge >= 0.3 is 0 Å². The van der Waals surface area contributed by atoms with Crippen molar-refractivity contribution in [3.63, 3.8) is 0 Å². The summed E-state index contributed by atoms with van der Waals surface area (Å²) in [4.78, 5) is 0. The molecule has 2 aliphatic rings. The van der Waals surface area contributed by atoms with Gasteiger partial charge in [-0.3, -0.25) is 0 Å². The van der Waals surface area contributed by atoms with Gasteiger partial charge in [-0.15, -0.1) is 0 Å². The highest BCUT2D eigenvalue weighted by atomic mass is 16.6. The Balaban J connectivity index is 2.25. The number of hydrogen-bond acceptors (Lipinski definition) is 2. The zero-order valence-electron chi connectivity index (χ0n) is 8.13. The molecule has 0 amide bonds. The lowest BCUT2D eigenvalue weighted by Gasteiger charge is -2.29. The maximum Gasteiger partial charge on any atom is 0.0922 e. The maximum atomic E-state index is 9.77. The van der Waals surface area contributed by atoms with Crippen molar-refractivity contribution >= 4 is 0 Å². The van der Waals surface area contributed by atoms with Crippen LogP contribution in [0.4, 0.5) is 0 Å². The van der Waals surface area contributed by atoms with Crippen LogP contribution in [-0.2, 0) is 4.74 Å². The van der Waals surface area contributed by atoms with Gasteiger partial charge in [-0.25, -0.2) is 0 Å². The van der Waals surface area contributed by atoms with E-state index >= 15 is 0 Å². The first-order valence-corrected chi connectivity index (χ1v) is 4.87. The van der Waals surface area contributed by atoms with Gasteiger partial charge in [0, 0.05) is 6.42 Å². The summed E-state index contributed by atoms with van der Waals surface area (Å²) in [5, 5.41) is 9.77. The topological polar surface area (TPSA) is 29.5 Å². The van der Waals surface area contributed by atoms with Crippen molar-refractivity contribution in [1.29, 1.82) is 0 Å². The summed E-state index contributed by atoms with van der Waals surface area (Å²) in [5.74, 6) is 0.525. The lowest BCUT2D eigenvalue weighted by atomic mass is 9.76. The van der Waals surface area contributed by atoms with Crippen molar-refractivity contribution in [3.8, 4) is 0 Å². The van der Waals surface area contributed by atoms with Gasteiger partial charge in [0.25, 0.3) is 0 Å². The van der Waals surface area contributed by atoms with Crippen LogP contribution in [-0.4, -0.2) is 22.4 Å². The van der Waals surface area contributed by atoms with Gasteiger partial charge in [0.2, 0.25) is 0 Å². The molecule has 3 unspecified atom stereocenters. The van der Waals surface area contributed by atoms with Crippen LogP contribution in [0.5, 0.6) is 0 Å². The Morgan fingerprint density at radius 2 is 2.08 bits per heavy atom. The lowest BCUT2D eigenvalue weighted by Crippen LogP contribution is -2.36. The highest BCUT2D eigenvalue weighted by Gasteiger charge is 2.59. The van der Waals surface area contributed by atoms with Crippen molar-refractivity contribution in [1.82, 2.24) is 0 Å². The Labute approximate surface area is 73.9 Å². The first kappa shape index (κ1) is 8.52. The minimum Gasteiger partial charge on any atom is -0.390 e. The van der Waals surface area contributed by atoms with Gasteiger partial charge in [-0.1, -0.05) is 13.8 Å². The van der Waals surface area contributed by atoms with Crippen molar-refractivity contribution in [2.24, 2.45) is 5.92 Å². The van der Waals surface area contributed by atoms with Crippen molar-refractivity contribution in [2.45, 2.75) is 57.3 Å². The number of aliphatic hydroxyl groups excluding tert-OH is 1. The summed E-state index contributed by atoms with van der Waals surface area (Å²) in [5.41, 5.74) is -0.238. The molecule has 70 valence electrons. The van der Waals surface area contributed by atoms with E-state index in [4.69, 9.17) is 4.74 Å². The van der Waals surface area contributed by atoms with Crippen LogP contribution >= 0.6 is 0 Å². The van der Waals surface area contributed by atoms with Crippen LogP contribution in [0, 0.1) is 5.92 Å². The fourth-order valence-electron chi connectivity index (χ4n) is 2.59. The second-order valence-electron chi connectivity index (χ2n) is 4.85. The van der Waals surface area contributed by atoms with Gasteiger partial charge in [-0.2, -0.15) is 0 Å². The SMILES string of the molecule is CC(C)C12CCC(C)(O1)C(O)C2. The van der Waals surface area contributed by atoms with E-state index in [0.29, 0.717) is 5.92 Å². The van der Waals surface area contributed by atoms with Crippen molar-refractivity contribution in [3.05, 3.63) is 0 Å². The molecule has 0 radical (unpaired) electrons. The van der Waals surface area contributed by atoms with Crippen LogP contribution in [0.15, 0.2) is 0 Å². The molecule has 2 bridgehead atoms. The number of fused-ring (bicyclic) bond motifs is 2. The molecule has 0 aromatic heterocycles. The van der Waals surface area contributed by atoms with E-state index in [1.54, 1.807) is 0 Å². The average Bonchev–Trinajstić information content (AvgIpc) is 2.41. The predicted molar refractivity (Wildman–Crippen MR) is 46.9 cm³/mol. The van der Waals surface area contributed by atoms with Crippen molar-refractivity contribution in [2.75, 3.05) is 0 Å². The fourth-order valence-corrected chi connectivity index (χ4v) is 2.59. The third kappa shape index (κ3) is 0.882. The smallest absolute Gasteiger partial charge is 0.0922 e. The van der Waals surface area contributed by atoms with Crippen LogP contribution < -0.4 is 0 Å². The summed E-state index contributed by atoms with van der Waals surface area (Å²) < 4.78 is 5.97. The van der Waals surface area contributed by atoms with Gasteiger partial charge in [0.1, 0.15) is 0 Å². The molecule has 0 spiro atoms. The Kier molecular flexibility index (Phi) is 1.59. The highest BCUT2D eigenvalue weighted by molar-refractivity contribution is 5.09. The van der Waals surface area contributed by atoms with Crippen LogP contribution in [0.1, 0.15) is 40.0 Å². The van der Waals surface area contributed by atoms with Gasteiger partial charge in [0.05, 0.1) is 17.3 Å². The Morgan fingerprint density at radius 3 is 2.33 bits per heavy atom. The molecule has 2 fully saturated rings. The number of rotatable bonds is 1. The van der Waals surface area contributed by atoms with Crippen LogP contribution in [0.25, 0.3) is 0 Å². The minimum atomic E-state index is -0.242. The molecule has 0 saturated carbocycles. The van der Waals surface area contributed by atoms with Crippen LogP contribution in [0.3, 0.4) is 0 Å². The highest BCUT2D eigenvalue weighted by Crippen LogP contribution is 2.53. The first-order valence-electron chi connectivity index (χ1n) is 4.87. The van der Waals surface area contributed by atoms with E-state index in [-0.39, 0.29) is 17.3 Å². The molecule has 2 aliphatic heterocycles. The Hall–Kier alpha value is -0.0800. The third-order valence-corrected chi connectivity index (χ3v) is 3.78. The quantitative estimate of drug-likeness (QED) is 0.649. The number of aliphatic hydroxyl groups is 1. The zero-order valence-corrected chi connectivity index (χ0v) is 8.13. The van der Waals surface area contributed by atoms with Gasteiger partial charge < -0.3 is 9.84 Å². The first-order chi connectivity index (χ1) is 5.49. The summed E-state index contributed by atoms with van der Waals surface area (Å²) in [6, 6.07) is 0. The molecule has 0 aliphatic carbocycles. The summed E-state index contributed by atoms with van der Waals surface area (Å²) >= 11 is 0. The molecule has 2 heteroatoms. The lowest BCUT2D eigenvalue weighted by molar-refractivity contribution is -0.0801. The molecular weight excluding hydrogens is 152 g/mol. The summed E-state index contributed by atoms with van der Waals surface area (Å²) in [6.07, 6.45) is 2.74. The van der Waals surface area contributed by atoms with E-state index in [0.717, 1.165) is 19.3 Å². The molecule has 2 saturated heterocycles. The van der Waals surface area contributed by atoms with Crippen molar-refractivity contribution < 1.29 is 9.84 Å². The standard InChI is InChI=1S/C10H18O2/c1-7(2)10-5-4-9(3,12-10)8(11)6-10/h7-8,11H,4-6H2,1-3H3. The maximum absolute atomic E-state index is 9.77. The van der Waals surface area contributed by atoms with Gasteiger partial charge in [0.15, 0.2) is 0 Å². The molecule has 0 aromatic rings. The Morgan fingerprint density at radius 1 is 1.42 bits per heavy atom. The van der Waals surface area contributed by atoms with E-state index in [9.17, 15) is 5.11 Å².